The van der Waals surface area contributed by atoms with Crippen molar-refractivity contribution in [3.05, 3.63) is 0 Å². The predicted molar refractivity (Wildman–Crippen MR) is 117 cm³/mol. The van der Waals surface area contributed by atoms with Gasteiger partial charge in [0.2, 0.25) is 0 Å². The van der Waals surface area contributed by atoms with Gasteiger partial charge in [-0.1, -0.05) is 19.0 Å². The molecule has 4 aliphatic carbocycles. The summed E-state index contributed by atoms with van der Waals surface area (Å²) in [5.41, 5.74) is 0.644. The highest BCUT2D eigenvalue weighted by Crippen LogP contribution is 2.65. The number of carbonyl (C=O) groups excluding carboxylic acids is 2. The van der Waals surface area contributed by atoms with Gasteiger partial charge in [-0.2, -0.15) is 24.9 Å². The zero-order valence-electron chi connectivity index (χ0n) is 18.7. The lowest BCUT2D eigenvalue weighted by molar-refractivity contribution is -0.173. The fourth-order valence-corrected chi connectivity index (χ4v) is 8.72. The topological polar surface area (TPSA) is 78.8 Å². The number of nitrogens with zero attached hydrogens (tertiary/aromatic N) is 1. The second-order valence-electron chi connectivity index (χ2n) is 10.7. The maximum Gasteiger partial charge on any atom is 0.471 e. The number of oxime groups is 1. The van der Waals surface area contributed by atoms with Crippen molar-refractivity contribution >= 4 is 29.2 Å². The summed E-state index contributed by atoms with van der Waals surface area (Å²) in [6.07, 6.45) is 2.29. The average molecular weight is 475 g/mol. The molecular weight excluding hydrogens is 441 g/mol. The molecule has 1 unspecified atom stereocenters. The van der Waals surface area contributed by atoms with Crippen molar-refractivity contribution in [1.82, 2.24) is 5.32 Å². The van der Waals surface area contributed by atoms with Crippen molar-refractivity contribution in [3.8, 4) is 0 Å². The van der Waals surface area contributed by atoms with Crippen LogP contribution >= 0.6 is 11.8 Å². The van der Waals surface area contributed by atoms with Crippen molar-refractivity contribution in [2.24, 2.45) is 39.7 Å². The quantitative estimate of drug-likeness (QED) is 0.348. The van der Waals surface area contributed by atoms with Crippen LogP contribution in [0.4, 0.5) is 13.2 Å². The molecule has 2 N–H and O–H groups in total. The molecule has 0 aliphatic heterocycles. The summed E-state index contributed by atoms with van der Waals surface area (Å²) in [7, 11) is 0. The van der Waals surface area contributed by atoms with Gasteiger partial charge in [0.15, 0.2) is 0 Å². The minimum Gasteiger partial charge on any atom is -0.411 e. The molecule has 0 spiro atoms. The van der Waals surface area contributed by atoms with Crippen LogP contribution in [0.1, 0.15) is 65.2 Å². The molecule has 5 nitrogen and oxygen atoms in total. The number of thioether (sulfide) groups is 1. The van der Waals surface area contributed by atoms with E-state index in [1.165, 1.54) is 0 Å². The van der Waals surface area contributed by atoms with Gasteiger partial charge in [0.05, 0.1) is 5.71 Å². The summed E-state index contributed by atoms with van der Waals surface area (Å²) in [6.45, 7) is 4.45. The van der Waals surface area contributed by atoms with Crippen molar-refractivity contribution in [2.75, 3.05) is 12.3 Å². The molecule has 4 rings (SSSR count). The number of carbonyl (C=O) groups is 2. The van der Waals surface area contributed by atoms with Crippen LogP contribution in [-0.2, 0) is 9.59 Å². The Labute approximate surface area is 191 Å². The zero-order chi connectivity index (χ0) is 23.3. The molecule has 4 fully saturated rings. The molecule has 7 atom stereocenters. The molecule has 4 aliphatic rings. The lowest BCUT2D eigenvalue weighted by atomic mass is 9.45. The van der Waals surface area contributed by atoms with E-state index in [1.54, 1.807) is 11.8 Å². The summed E-state index contributed by atoms with van der Waals surface area (Å²) in [4.78, 5) is 23.6. The van der Waals surface area contributed by atoms with E-state index in [1.807, 2.05) is 5.32 Å². The number of ketones is 1. The summed E-state index contributed by atoms with van der Waals surface area (Å²) in [6, 6.07) is 0. The Morgan fingerprint density at radius 1 is 1.22 bits per heavy atom. The van der Waals surface area contributed by atoms with Gasteiger partial charge in [0, 0.05) is 35.3 Å². The fraction of sp³-hybridized carbons (Fsp3) is 0.870. The Hall–Kier alpha value is -1.25. The van der Waals surface area contributed by atoms with E-state index < -0.39 is 12.1 Å². The van der Waals surface area contributed by atoms with Gasteiger partial charge in [0.25, 0.3) is 0 Å². The van der Waals surface area contributed by atoms with E-state index in [4.69, 9.17) is 0 Å². The van der Waals surface area contributed by atoms with Crippen LogP contribution in [0.5, 0.6) is 0 Å². The molecule has 180 valence electrons. The second-order valence-corrected chi connectivity index (χ2v) is 12.1. The maximum absolute atomic E-state index is 12.6. The van der Waals surface area contributed by atoms with Crippen molar-refractivity contribution in [2.45, 2.75) is 76.6 Å². The van der Waals surface area contributed by atoms with E-state index in [-0.39, 0.29) is 28.5 Å². The van der Waals surface area contributed by atoms with Gasteiger partial charge < -0.3 is 10.5 Å². The third-order valence-corrected chi connectivity index (χ3v) is 10.6. The number of hydrogen-bond acceptors (Lipinski definition) is 5. The molecule has 0 bridgehead atoms. The zero-order valence-corrected chi connectivity index (χ0v) is 19.5. The number of rotatable bonds is 4. The summed E-state index contributed by atoms with van der Waals surface area (Å²) in [5, 5.41) is 15.8. The average Bonchev–Trinajstić information content (AvgIpc) is 3.04. The third kappa shape index (κ3) is 3.96. The van der Waals surface area contributed by atoms with E-state index >= 15 is 0 Å². The molecular formula is C23H33F3N2O3S. The summed E-state index contributed by atoms with van der Waals surface area (Å²) < 4.78 is 37.0. The number of Topliss-reactive ketones (excluding diaryl/α,β-unsaturated/α-hetero) is 1. The number of alkyl halides is 3. The van der Waals surface area contributed by atoms with E-state index in [0.717, 1.165) is 50.7 Å². The smallest absolute Gasteiger partial charge is 0.411 e. The van der Waals surface area contributed by atoms with Gasteiger partial charge >= 0.3 is 12.1 Å². The summed E-state index contributed by atoms with van der Waals surface area (Å²) in [5.74, 6) is 0.355. The van der Waals surface area contributed by atoms with Crippen LogP contribution < -0.4 is 5.32 Å². The first-order chi connectivity index (χ1) is 15.0. The van der Waals surface area contributed by atoms with Gasteiger partial charge in [0.1, 0.15) is 5.78 Å². The third-order valence-electron chi connectivity index (χ3n) is 9.27. The van der Waals surface area contributed by atoms with Crippen molar-refractivity contribution < 1.29 is 28.0 Å². The van der Waals surface area contributed by atoms with E-state index in [2.05, 4.69) is 19.0 Å². The van der Waals surface area contributed by atoms with Gasteiger partial charge in [-0.25, -0.2) is 0 Å². The second kappa shape index (κ2) is 8.51. The minimum atomic E-state index is -4.84. The highest BCUT2D eigenvalue weighted by atomic mass is 32.2. The predicted octanol–water partition coefficient (Wildman–Crippen LogP) is 4.82. The molecule has 0 radical (unpaired) electrons. The fourth-order valence-electron chi connectivity index (χ4n) is 7.55. The number of hydrogen-bond donors (Lipinski definition) is 2. The molecule has 32 heavy (non-hydrogen) atoms. The van der Waals surface area contributed by atoms with Crippen LogP contribution in [-0.4, -0.2) is 46.3 Å². The Morgan fingerprint density at radius 3 is 2.66 bits per heavy atom. The molecule has 0 saturated heterocycles. The monoisotopic (exact) mass is 474 g/mol. The maximum atomic E-state index is 12.6. The van der Waals surface area contributed by atoms with Crippen molar-refractivity contribution in [1.29, 1.82) is 0 Å². The first-order valence-corrected chi connectivity index (χ1v) is 12.8. The number of nitrogens with one attached hydrogen (secondary N) is 1. The van der Waals surface area contributed by atoms with Crippen LogP contribution in [0.3, 0.4) is 0 Å². The van der Waals surface area contributed by atoms with Crippen LogP contribution in [0, 0.1) is 34.5 Å². The first kappa shape index (κ1) is 23.9. The minimum absolute atomic E-state index is 0.0125. The number of halogens is 3. The van der Waals surface area contributed by atoms with Crippen molar-refractivity contribution in [3.63, 3.8) is 0 Å². The van der Waals surface area contributed by atoms with Crippen LogP contribution in [0.2, 0.25) is 0 Å². The lowest BCUT2D eigenvalue weighted by Gasteiger charge is -2.60. The van der Waals surface area contributed by atoms with Crippen LogP contribution in [0.15, 0.2) is 5.16 Å². The SMILES string of the molecule is C[C@]12CC[C@H](SCCNC(=O)C(F)(F)F)CC1/C(=N\O)C[C@@H]1[C@@H]2CC[C@]2(C)C(=O)CC[C@@H]12. The van der Waals surface area contributed by atoms with Crippen LogP contribution in [0.25, 0.3) is 0 Å². The largest absolute Gasteiger partial charge is 0.471 e. The van der Waals surface area contributed by atoms with E-state index in [9.17, 15) is 28.0 Å². The molecule has 0 aromatic heterocycles. The Morgan fingerprint density at radius 2 is 1.97 bits per heavy atom. The van der Waals surface area contributed by atoms with E-state index in [0.29, 0.717) is 35.7 Å². The molecule has 0 aromatic carbocycles. The van der Waals surface area contributed by atoms with Gasteiger partial charge in [-0.3, -0.25) is 9.59 Å². The Balaban J connectivity index is 1.41. The summed E-state index contributed by atoms with van der Waals surface area (Å²) >= 11 is 1.60. The Bertz CT molecular complexity index is 804. The normalized spacial score (nSPS) is 42.8. The Kier molecular flexibility index (Phi) is 6.36. The molecule has 1 amide bonds. The standard InChI is InChI=1S/C23H33F3N2O3S/c1-21-7-5-13(32-10-9-27-20(30)23(24,25)26)11-17(21)18(28-31)12-14-15-3-4-19(29)22(15,2)8-6-16(14)21/h13-17,31H,3-12H2,1-2H3,(H,27,30)/b28-18-/t13-,14-,15-,16-,17?,21+,22-/m0/s1. The van der Waals surface area contributed by atoms with Gasteiger partial charge in [-0.15, -0.1) is 0 Å². The molecule has 4 saturated carbocycles. The highest BCUT2D eigenvalue weighted by molar-refractivity contribution is 7.99. The molecule has 0 heterocycles. The molecule has 9 heteroatoms. The first-order valence-electron chi connectivity index (χ1n) is 11.7. The number of amides is 1. The lowest BCUT2D eigenvalue weighted by Crippen LogP contribution is -2.57. The number of fused-ring (bicyclic) bond motifs is 5. The molecule has 0 aromatic rings. The van der Waals surface area contributed by atoms with Gasteiger partial charge in [-0.05, 0) is 68.1 Å². The highest BCUT2D eigenvalue weighted by Gasteiger charge is 2.61.